The second-order valence-corrected chi connectivity index (χ2v) is 2.59. The molecule has 0 saturated carbocycles. The highest BCUT2D eigenvalue weighted by Gasteiger charge is 2.06. The van der Waals surface area contributed by atoms with Gasteiger partial charge in [0, 0.05) is 13.7 Å². The van der Waals surface area contributed by atoms with Gasteiger partial charge in [-0.25, -0.2) is 0 Å². The third kappa shape index (κ3) is 6.25. The van der Waals surface area contributed by atoms with Gasteiger partial charge in [-0.3, -0.25) is 0 Å². The molecule has 0 aliphatic heterocycles. The van der Waals surface area contributed by atoms with Gasteiger partial charge in [-0.05, 0) is 6.92 Å². The third-order valence-electron chi connectivity index (χ3n) is 1.29. The van der Waals surface area contributed by atoms with Crippen LogP contribution >= 0.6 is 0 Å². The monoisotopic (exact) mass is 163 g/mol. The molecule has 68 valence electrons. The Morgan fingerprint density at radius 3 is 2.55 bits per heavy atom. The van der Waals surface area contributed by atoms with Crippen LogP contribution < -0.4 is 5.32 Å². The number of aliphatic hydroxyl groups excluding tert-OH is 2. The topological polar surface area (TPSA) is 61.7 Å². The summed E-state index contributed by atoms with van der Waals surface area (Å²) in [6.45, 7) is 2.66. The maximum Gasteiger partial charge on any atom is 0.0638 e. The lowest BCUT2D eigenvalue weighted by Gasteiger charge is -2.15. The molecule has 2 atom stereocenters. The predicted octanol–water partition coefficient (Wildman–Crippen LogP) is -1.04. The van der Waals surface area contributed by atoms with Crippen LogP contribution in [0, 0.1) is 0 Å². The number of methoxy groups -OCH3 is 1. The van der Waals surface area contributed by atoms with Gasteiger partial charge in [0.05, 0.1) is 25.4 Å². The number of hydrogen-bond acceptors (Lipinski definition) is 4. The molecule has 0 bridgehead atoms. The summed E-state index contributed by atoms with van der Waals surface area (Å²) in [5.41, 5.74) is 0. The Kier molecular flexibility index (Phi) is 6.45. The van der Waals surface area contributed by atoms with Gasteiger partial charge in [-0.2, -0.15) is 0 Å². The highest BCUT2D eigenvalue weighted by molar-refractivity contribution is 4.65. The summed E-state index contributed by atoms with van der Waals surface area (Å²) in [5, 5.41) is 20.6. The van der Waals surface area contributed by atoms with E-state index in [2.05, 4.69) is 5.32 Å². The van der Waals surface area contributed by atoms with Crippen molar-refractivity contribution in [1.29, 1.82) is 0 Å². The fraction of sp³-hybridized carbons (Fsp3) is 1.00. The van der Waals surface area contributed by atoms with Crippen LogP contribution in [-0.4, -0.2) is 49.2 Å². The first-order valence-corrected chi connectivity index (χ1v) is 3.72. The molecule has 4 heteroatoms. The number of ether oxygens (including phenoxy) is 1. The summed E-state index contributed by atoms with van der Waals surface area (Å²) in [6, 6.07) is -0.0744. The van der Waals surface area contributed by atoms with Crippen LogP contribution in [0.1, 0.15) is 6.92 Å². The first-order valence-electron chi connectivity index (χ1n) is 3.72. The fourth-order valence-electron chi connectivity index (χ4n) is 0.715. The molecule has 0 spiro atoms. The molecule has 0 amide bonds. The Bertz CT molecular complexity index is 87.8. The van der Waals surface area contributed by atoms with Gasteiger partial charge in [-0.15, -0.1) is 0 Å². The van der Waals surface area contributed by atoms with Crippen LogP contribution in [0.3, 0.4) is 0 Å². The molecule has 0 heterocycles. The molecule has 0 aromatic carbocycles. The van der Waals surface area contributed by atoms with Crippen LogP contribution in [0.15, 0.2) is 0 Å². The van der Waals surface area contributed by atoms with Gasteiger partial charge in [0.1, 0.15) is 0 Å². The van der Waals surface area contributed by atoms with E-state index in [1.807, 2.05) is 0 Å². The molecule has 0 saturated heterocycles. The molecule has 0 aliphatic carbocycles. The maximum atomic E-state index is 8.88. The molecule has 0 aromatic rings. The first-order chi connectivity index (χ1) is 5.20. The Balaban J connectivity index is 3.35. The van der Waals surface area contributed by atoms with Crippen molar-refractivity contribution in [3.63, 3.8) is 0 Å². The predicted molar refractivity (Wildman–Crippen MR) is 42.4 cm³/mol. The SMILES string of the molecule is COCC(CO)NC[C@@H](C)O. The zero-order valence-corrected chi connectivity index (χ0v) is 7.08. The minimum absolute atomic E-state index is 0.0283. The van der Waals surface area contributed by atoms with Crippen molar-refractivity contribution in [2.24, 2.45) is 0 Å². The average molecular weight is 163 g/mol. The molecule has 0 fully saturated rings. The molecule has 4 nitrogen and oxygen atoms in total. The van der Waals surface area contributed by atoms with Crippen molar-refractivity contribution < 1.29 is 14.9 Å². The van der Waals surface area contributed by atoms with E-state index in [0.717, 1.165) is 0 Å². The Morgan fingerprint density at radius 2 is 2.18 bits per heavy atom. The summed E-state index contributed by atoms with van der Waals surface area (Å²) in [7, 11) is 1.58. The molecule has 3 N–H and O–H groups in total. The quantitative estimate of drug-likeness (QED) is 0.468. The molecular formula is C7H17NO3. The zero-order valence-electron chi connectivity index (χ0n) is 7.08. The van der Waals surface area contributed by atoms with E-state index in [-0.39, 0.29) is 18.8 Å². The molecule has 0 rings (SSSR count). The van der Waals surface area contributed by atoms with Gasteiger partial charge >= 0.3 is 0 Å². The van der Waals surface area contributed by atoms with Crippen molar-refractivity contribution in [3.05, 3.63) is 0 Å². The summed E-state index contributed by atoms with van der Waals surface area (Å²) < 4.78 is 4.82. The third-order valence-corrected chi connectivity index (χ3v) is 1.29. The first kappa shape index (κ1) is 10.8. The lowest BCUT2D eigenvalue weighted by Crippen LogP contribution is -2.40. The average Bonchev–Trinajstić information content (AvgIpc) is 1.97. The highest BCUT2D eigenvalue weighted by Crippen LogP contribution is 1.84. The van der Waals surface area contributed by atoms with Crippen LogP contribution in [0.25, 0.3) is 0 Å². The number of aliphatic hydroxyl groups is 2. The summed E-state index contributed by atoms with van der Waals surface area (Å²) >= 11 is 0. The van der Waals surface area contributed by atoms with Crippen LogP contribution in [0.4, 0.5) is 0 Å². The van der Waals surface area contributed by atoms with Crippen molar-refractivity contribution in [1.82, 2.24) is 5.32 Å². The van der Waals surface area contributed by atoms with Gasteiger partial charge in [0.25, 0.3) is 0 Å². The van der Waals surface area contributed by atoms with Gasteiger partial charge in [0.15, 0.2) is 0 Å². The van der Waals surface area contributed by atoms with Gasteiger partial charge < -0.3 is 20.3 Å². The number of nitrogens with one attached hydrogen (secondary N) is 1. The van der Waals surface area contributed by atoms with Crippen LogP contribution in [0.5, 0.6) is 0 Å². The van der Waals surface area contributed by atoms with Crippen LogP contribution in [-0.2, 0) is 4.74 Å². The molecule has 0 aliphatic rings. The minimum atomic E-state index is -0.388. The van der Waals surface area contributed by atoms with E-state index in [9.17, 15) is 0 Å². The molecule has 1 unspecified atom stereocenters. The smallest absolute Gasteiger partial charge is 0.0638 e. The van der Waals surface area contributed by atoms with Crippen molar-refractivity contribution in [2.45, 2.75) is 19.1 Å². The summed E-state index contributed by atoms with van der Waals surface area (Å²) in [5.74, 6) is 0. The van der Waals surface area contributed by atoms with Gasteiger partial charge in [-0.1, -0.05) is 0 Å². The van der Waals surface area contributed by atoms with Crippen molar-refractivity contribution in [3.8, 4) is 0 Å². The Hall–Kier alpha value is -0.160. The van der Waals surface area contributed by atoms with Crippen molar-refractivity contribution in [2.75, 3.05) is 26.9 Å². The van der Waals surface area contributed by atoms with E-state index in [1.54, 1.807) is 14.0 Å². The largest absolute Gasteiger partial charge is 0.395 e. The highest BCUT2D eigenvalue weighted by atomic mass is 16.5. The minimum Gasteiger partial charge on any atom is -0.395 e. The molecule has 0 aromatic heterocycles. The zero-order chi connectivity index (χ0) is 8.69. The van der Waals surface area contributed by atoms with Crippen molar-refractivity contribution >= 4 is 0 Å². The van der Waals surface area contributed by atoms with E-state index < -0.39 is 0 Å². The lowest BCUT2D eigenvalue weighted by atomic mass is 10.3. The van der Waals surface area contributed by atoms with E-state index >= 15 is 0 Å². The Morgan fingerprint density at radius 1 is 1.55 bits per heavy atom. The normalized spacial score (nSPS) is 16.4. The van der Waals surface area contributed by atoms with E-state index in [1.165, 1.54) is 0 Å². The number of hydrogen-bond donors (Lipinski definition) is 3. The van der Waals surface area contributed by atoms with Gasteiger partial charge in [0.2, 0.25) is 0 Å². The fourth-order valence-corrected chi connectivity index (χ4v) is 0.715. The molecule has 0 radical (unpaired) electrons. The molecule has 11 heavy (non-hydrogen) atoms. The second kappa shape index (κ2) is 6.54. The van der Waals surface area contributed by atoms with E-state index in [4.69, 9.17) is 14.9 Å². The molecular weight excluding hydrogens is 146 g/mol. The second-order valence-electron chi connectivity index (χ2n) is 2.59. The van der Waals surface area contributed by atoms with Crippen LogP contribution in [0.2, 0.25) is 0 Å². The lowest BCUT2D eigenvalue weighted by molar-refractivity contribution is 0.115. The number of rotatable bonds is 6. The standard InChI is InChI=1S/C7H17NO3/c1-6(10)3-8-7(4-9)5-11-2/h6-10H,3-5H2,1-2H3/t6-,7?/m1/s1. The Labute approximate surface area is 67.2 Å². The summed E-state index contributed by atoms with van der Waals surface area (Å²) in [4.78, 5) is 0. The maximum absolute atomic E-state index is 8.88. The summed E-state index contributed by atoms with van der Waals surface area (Å²) in [6.07, 6.45) is -0.388. The van der Waals surface area contributed by atoms with E-state index in [0.29, 0.717) is 13.2 Å².